The van der Waals surface area contributed by atoms with Crippen molar-refractivity contribution in [2.75, 3.05) is 18.4 Å². The largest absolute Gasteiger partial charge is 0.339 e. The van der Waals surface area contributed by atoms with Crippen LogP contribution in [0.25, 0.3) is 0 Å². The van der Waals surface area contributed by atoms with E-state index in [1.165, 1.54) is 38.5 Å². The predicted molar refractivity (Wildman–Crippen MR) is 118 cm³/mol. The molecule has 2 amide bonds. The number of piperidine rings is 1. The standard InChI is InChI=1S/C24H31BrN2O2/c25-24-13-17-10-18(14-24)12-23(11-17,16-24)15-21(28)26-20-7-3-2-6-19(20)22(29)27-8-4-1-5-9-27/h2-3,6-7,17-18H,1,4-5,8-16H2,(H,26,28). The molecule has 1 heterocycles. The molecule has 6 rings (SSSR count). The Bertz CT molecular complexity index is 803. The quantitative estimate of drug-likeness (QED) is 0.615. The zero-order chi connectivity index (χ0) is 20.1. The van der Waals surface area contributed by atoms with Crippen molar-refractivity contribution in [2.45, 2.75) is 68.5 Å². The summed E-state index contributed by atoms with van der Waals surface area (Å²) in [5, 5.41) is 3.12. The zero-order valence-corrected chi connectivity index (χ0v) is 18.7. The third-order valence-electron chi connectivity index (χ3n) is 7.72. The Morgan fingerprint density at radius 1 is 1.03 bits per heavy atom. The lowest BCUT2D eigenvalue weighted by Gasteiger charge is -2.60. The monoisotopic (exact) mass is 458 g/mol. The van der Waals surface area contributed by atoms with Gasteiger partial charge in [0, 0.05) is 23.8 Å². The van der Waals surface area contributed by atoms with Crippen LogP contribution in [0, 0.1) is 17.3 Å². The minimum atomic E-state index is 0.0508. The first kappa shape index (κ1) is 19.6. The first-order chi connectivity index (χ1) is 13.9. The number of amides is 2. The van der Waals surface area contributed by atoms with Gasteiger partial charge in [-0.05, 0) is 87.2 Å². The molecule has 4 aliphatic carbocycles. The maximum atomic E-state index is 13.1. The second-order valence-electron chi connectivity index (χ2n) is 10.2. The highest BCUT2D eigenvalue weighted by atomic mass is 79.9. The highest BCUT2D eigenvalue weighted by Gasteiger charge is 2.57. The zero-order valence-electron chi connectivity index (χ0n) is 17.1. The fourth-order valence-electron chi connectivity index (χ4n) is 7.12. The Balaban J connectivity index is 1.30. The molecular formula is C24H31BrN2O2. The summed E-state index contributed by atoms with van der Waals surface area (Å²) in [4.78, 5) is 28.1. The molecule has 0 spiro atoms. The number of nitrogens with zero attached hydrogens (tertiary/aromatic N) is 1. The van der Waals surface area contributed by atoms with E-state index in [9.17, 15) is 9.59 Å². The Hall–Kier alpha value is -1.36. The van der Waals surface area contributed by atoms with Crippen molar-refractivity contribution in [1.29, 1.82) is 0 Å². The lowest BCUT2D eigenvalue weighted by molar-refractivity contribution is -0.123. The highest BCUT2D eigenvalue weighted by Crippen LogP contribution is 2.65. The summed E-state index contributed by atoms with van der Waals surface area (Å²) in [7, 11) is 0. The number of para-hydroxylation sites is 1. The van der Waals surface area contributed by atoms with Crippen molar-refractivity contribution in [3.63, 3.8) is 0 Å². The van der Waals surface area contributed by atoms with Crippen LogP contribution in [0.15, 0.2) is 24.3 Å². The number of nitrogens with one attached hydrogen (secondary N) is 1. The number of carbonyl (C=O) groups excluding carboxylic acids is 2. The molecule has 1 saturated heterocycles. The molecule has 1 N–H and O–H groups in total. The number of hydrogen-bond donors (Lipinski definition) is 1. The van der Waals surface area contributed by atoms with Gasteiger partial charge >= 0.3 is 0 Å². The van der Waals surface area contributed by atoms with Gasteiger partial charge in [-0.3, -0.25) is 9.59 Å². The van der Waals surface area contributed by atoms with E-state index in [0.717, 1.165) is 44.2 Å². The minimum absolute atomic E-state index is 0.0508. The molecular weight excluding hydrogens is 428 g/mol. The Morgan fingerprint density at radius 2 is 1.72 bits per heavy atom. The van der Waals surface area contributed by atoms with Crippen LogP contribution in [0.2, 0.25) is 0 Å². The average Bonchev–Trinajstić information content (AvgIpc) is 2.66. The molecule has 5 heteroatoms. The van der Waals surface area contributed by atoms with Gasteiger partial charge in [-0.2, -0.15) is 0 Å². The van der Waals surface area contributed by atoms with Crippen LogP contribution in [-0.2, 0) is 4.79 Å². The van der Waals surface area contributed by atoms with Gasteiger partial charge in [0.25, 0.3) is 5.91 Å². The van der Waals surface area contributed by atoms with Crippen molar-refractivity contribution in [1.82, 2.24) is 4.90 Å². The van der Waals surface area contributed by atoms with E-state index in [1.807, 2.05) is 29.2 Å². The SMILES string of the molecule is O=C(CC12CC3CC(CC(Br)(C3)C1)C2)Nc1ccccc1C(=O)N1CCCCC1. The molecule has 0 radical (unpaired) electrons. The van der Waals surface area contributed by atoms with E-state index in [1.54, 1.807) is 0 Å². The smallest absolute Gasteiger partial charge is 0.255 e. The van der Waals surface area contributed by atoms with E-state index < -0.39 is 0 Å². The number of rotatable bonds is 4. The number of carbonyl (C=O) groups is 2. The van der Waals surface area contributed by atoms with Gasteiger partial charge in [-0.15, -0.1) is 0 Å². The van der Waals surface area contributed by atoms with Crippen LogP contribution in [0.4, 0.5) is 5.69 Å². The first-order valence-electron chi connectivity index (χ1n) is 11.3. The second kappa shape index (κ2) is 7.40. The predicted octanol–water partition coefficient (Wildman–Crippen LogP) is 5.38. The van der Waals surface area contributed by atoms with E-state index in [2.05, 4.69) is 21.2 Å². The molecule has 1 aromatic rings. The molecule has 4 saturated carbocycles. The third kappa shape index (κ3) is 3.87. The summed E-state index contributed by atoms with van der Waals surface area (Å²) in [6, 6.07) is 7.52. The number of halogens is 1. The molecule has 2 unspecified atom stereocenters. The van der Waals surface area contributed by atoms with Gasteiger partial charge < -0.3 is 10.2 Å². The molecule has 5 fully saturated rings. The Morgan fingerprint density at radius 3 is 2.41 bits per heavy atom. The molecule has 0 aromatic heterocycles. The van der Waals surface area contributed by atoms with Gasteiger partial charge in [0.15, 0.2) is 0 Å². The number of alkyl halides is 1. The van der Waals surface area contributed by atoms with Crippen LogP contribution in [0.1, 0.15) is 74.6 Å². The lowest BCUT2D eigenvalue weighted by Crippen LogP contribution is -2.53. The van der Waals surface area contributed by atoms with Crippen LogP contribution >= 0.6 is 15.9 Å². The molecule has 4 bridgehead atoms. The Kier molecular flexibility index (Phi) is 5.00. The normalized spacial score (nSPS) is 35.6. The van der Waals surface area contributed by atoms with Crippen LogP contribution in [0.3, 0.4) is 0 Å². The van der Waals surface area contributed by atoms with Crippen molar-refractivity contribution >= 4 is 33.4 Å². The fourth-order valence-corrected chi connectivity index (χ4v) is 8.63. The van der Waals surface area contributed by atoms with Gasteiger partial charge in [-0.25, -0.2) is 0 Å². The van der Waals surface area contributed by atoms with Crippen molar-refractivity contribution < 1.29 is 9.59 Å². The molecule has 1 aromatic carbocycles. The second-order valence-corrected chi connectivity index (χ2v) is 11.9. The van der Waals surface area contributed by atoms with Gasteiger partial charge in [0.1, 0.15) is 0 Å². The van der Waals surface area contributed by atoms with Crippen LogP contribution in [-0.4, -0.2) is 34.1 Å². The molecule has 5 aliphatic rings. The molecule has 2 atom stereocenters. The summed E-state index contributed by atoms with van der Waals surface area (Å²) >= 11 is 4.04. The summed E-state index contributed by atoms with van der Waals surface area (Å²) < 4.78 is 0.263. The fraction of sp³-hybridized carbons (Fsp3) is 0.667. The van der Waals surface area contributed by atoms with Crippen molar-refractivity contribution in [3.05, 3.63) is 29.8 Å². The Labute approximate surface area is 181 Å². The first-order valence-corrected chi connectivity index (χ1v) is 12.1. The summed E-state index contributed by atoms with van der Waals surface area (Å²) in [6.07, 6.45) is 11.3. The van der Waals surface area contributed by atoms with Crippen molar-refractivity contribution in [3.8, 4) is 0 Å². The third-order valence-corrected chi connectivity index (χ3v) is 8.65. The van der Waals surface area contributed by atoms with E-state index >= 15 is 0 Å². The number of hydrogen-bond acceptors (Lipinski definition) is 2. The van der Waals surface area contributed by atoms with Crippen LogP contribution < -0.4 is 5.32 Å². The summed E-state index contributed by atoms with van der Waals surface area (Å²) in [5.41, 5.74) is 1.44. The van der Waals surface area contributed by atoms with Gasteiger partial charge in [-0.1, -0.05) is 28.1 Å². The molecule has 1 aliphatic heterocycles. The maximum Gasteiger partial charge on any atom is 0.255 e. The van der Waals surface area contributed by atoms with E-state index in [0.29, 0.717) is 17.7 Å². The van der Waals surface area contributed by atoms with Crippen LogP contribution in [0.5, 0.6) is 0 Å². The van der Waals surface area contributed by atoms with Gasteiger partial charge in [0.05, 0.1) is 11.3 Å². The lowest BCUT2D eigenvalue weighted by atomic mass is 9.48. The summed E-state index contributed by atoms with van der Waals surface area (Å²) in [5.74, 6) is 1.67. The highest BCUT2D eigenvalue weighted by molar-refractivity contribution is 9.10. The molecule has 156 valence electrons. The topological polar surface area (TPSA) is 49.4 Å². The van der Waals surface area contributed by atoms with E-state index in [-0.39, 0.29) is 21.6 Å². The number of anilines is 1. The van der Waals surface area contributed by atoms with Crippen molar-refractivity contribution in [2.24, 2.45) is 17.3 Å². The number of benzene rings is 1. The molecule has 29 heavy (non-hydrogen) atoms. The van der Waals surface area contributed by atoms with Gasteiger partial charge in [0.2, 0.25) is 5.91 Å². The average molecular weight is 459 g/mol. The minimum Gasteiger partial charge on any atom is -0.339 e. The van der Waals surface area contributed by atoms with E-state index in [4.69, 9.17) is 0 Å². The molecule has 4 nitrogen and oxygen atoms in total. The summed E-state index contributed by atoms with van der Waals surface area (Å²) in [6.45, 7) is 1.64. The number of likely N-dealkylation sites (tertiary alicyclic amines) is 1. The maximum absolute atomic E-state index is 13.1.